The van der Waals surface area contributed by atoms with Crippen LogP contribution >= 0.6 is 0 Å². The van der Waals surface area contributed by atoms with Gasteiger partial charge in [-0.05, 0) is 24.0 Å². The van der Waals surface area contributed by atoms with Crippen molar-refractivity contribution in [2.75, 3.05) is 19.4 Å². The molecule has 1 aromatic carbocycles. The minimum atomic E-state index is -0.0986. The van der Waals surface area contributed by atoms with E-state index in [9.17, 15) is 4.79 Å². The van der Waals surface area contributed by atoms with Crippen molar-refractivity contribution in [1.82, 2.24) is 14.9 Å². The van der Waals surface area contributed by atoms with Gasteiger partial charge in [-0.1, -0.05) is 24.3 Å². The third-order valence-electron chi connectivity index (χ3n) is 3.84. The normalized spacial score (nSPS) is 14.0. The smallest absolute Gasteiger partial charge is 0.222 e. The van der Waals surface area contributed by atoms with Crippen molar-refractivity contribution in [2.24, 2.45) is 0 Å². The van der Waals surface area contributed by atoms with Crippen molar-refractivity contribution in [3.8, 4) is 0 Å². The fourth-order valence-corrected chi connectivity index (χ4v) is 2.69. The Bertz CT molecular complexity index is 697. The molecule has 3 rings (SSSR count). The van der Waals surface area contributed by atoms with E-state index in [2.05, 4.69) is 39.6 Å². The van der Waals surface area contributed by atoms with Gasteiger partial charge in [0.25, 0.3) is 0 Å². The summed E-state index contributed by atoms with van der Waals surface area (Å²) in [5.74, 6) is 0.467. The maximum atomic E-state index is 11.9. The first kappa shape index (κ1) is 15.2. The number of benzene rings is 1. The van der Waals surface area contributed by atoms with Gasteiger partial charge in [0.2, 0.25) is 5.95 Å². The van der Waals surface area contributed by atoms with E-state index in [1.54, 1.807) is 18.6 Å². The Kier molecular flexibility index (Phi) is 4.37. The van der Waals surface area contributed by atoms with Gasteiger partial charge >= 0.3 is 0 Å². The van der Waals surface area contributed by atoms with Crippen LogP contribution in [-0.2, 0) is 12.8 Å². The summed E-state index contributed by atoms with van der Waals surface area (Å²) in [6.07, 6.45) is 8.32. The molecule has 5 nitrogen and oxygen atoms in total. The second-order valence-corrected chi connectivity index (χ2v) is 5.96. The van der Waals surface area contributed by atoms with Crippen LogP contribution in [0.15, 0.2) is 48.9 Å². The molecule has 1 aliphatic carbocycles. The molecule has 2 aromatic rings. The SMILES string of the molecule is CN(C)/C=C/C(=O)c1cnc(NC2Cc3ccccc3C2)nc1. The number of aromatic nitrogens is 2. The Balaban J connectivity index is 1.62. The fraction of sp³-hybridized carbons (Fsp3) is 0.278. The third-order valence-corrected chi connectivity index (χ3v) is 3.84. The van der Waals surface area contributed by atoms with Crippen LogP contribution in [0.3, 0.4) is 0 Å². The van der Waals surface area contributed by atoms with Gasteiger partial charge in [-0.25, -0.2) is 9.97 Å². The highest BCUT2D eigenvalue weighted by Gasteiger charge is 2.21. The highest BCUT2D eigenvalue weighted by Crippen LogP contribution is 2.23. The van der Waals surface area contributed by atoms with Crippen molar-refractivity contribution < 1.29 is 4.79 Å². The minimum absolute atomic E-state index is 0.0986. The van der Waals surface area contributed by atoms with Gasteiger partial charge in [0.05, 0.1) is 5.56 Å². The molecule has 118 valence electrons. The molecule has 0 radical (unpaired) electrons. The van der Waals surface area contributed by atoms with E-state index in [0.29, 0.717) is 17.6 Å². The Morgan fingerprint density at radius 1 is 1.17 bits per heavy atom. The molecule has 0 atom stereocenters. The molecule has 1 heterocycles. The van der Waals surface area contributed by atoms with Crippen LogP contribution in [0.4, 0.5) is 5.95 Å². The molecule has 0 saturated carbocycles. The van der Waals surface area contributed by atoms with Crippen molar-refractivity contribution in [3.05, 3.63) is 65.6 Å². The Morgan fingerprint density at radius 2 is 1.78 bits per heavy atom. The molecule has 23 heavy (non-hydrogen) atoms. The standard InChI is InChI=1S/C18H20N4O/c1-22(2)8-7-17(23)15-11-19-18(20-12-15)21-16-9-13-5-3-4-6-14(13)10-16/h3-8,11-12,16H,9-10H2,1-2H3,(H,19,20,21)/b8-7+. The van der Waals surface area contributed by atoms with Gasteiger partial charge in [-0.15, -0.1) is 0 Å². The summed E-state index contributed by atoms with van der Waals surface area (Å²) in [5.41, 5.74) is 3.25. The van der Waals surface area contributed by atoms with Gasteiger partial charge in [-0.3, -0.25) is 4.79 Å². The highest BCUT2D eigenvalue weighted by molar-refractivity contribution is 6.04. The molecule has 0 aliphatic heterocycles. The van der Waals surface area contributed by atoms with E-state index in [4.69, 9.17) is 0 Å². The van der Waals surface area contributed by atoms with Crippen LogP contribution in [0.1, 0.15) is 21.5 Å². The number of nitrogens with zero attached hydrogens (tertiary/aromatic N) is 3. The molecule has 0 saturated heterocycles. The number of rotatable bonds is 5. The average Bonchev–Trinajstić information content (AvgIpc) is 2.95. The van der Waals surface area contributed by atoms with Crippen molar-refractivity contribution in [2.45, 2.75) is 18.9 Å². The van der Waals surface area contributed by atoms with E-state index in [1.165, 1.54) is 17.2 Å². The first-order chi connectivity index (χ1) is 11.1. The Labute approximate surface area is 136 Å². The van der Waals surface area contributed by atoms with Crippen molar-refractivity contribution >= 4 is 11.7 Å². The monoisotopic (exact) mass is 308 g/mol. The number of carbonyl (C=O) groups excluding carboxylic acids is 1. The van der Waals surface area contributed by atoms with Crippen LogP contribution in [0, 0.1) is 0 Å². The lowest BCUT2D eigenvalue weighted by atomic mass is 10.1. The molecular formula is C18H20N4O. The topological polar surface area (TPSA) is 58.1 Å². The Hall–Kier alpha value is -2.69. The molecule has 1 aliphatic rings. The molecule has 1 N–H and O–H groups in total. The molecule has 1 aromatic heterocycles. The molecular weight excluding hydrogens is 288 g/mol. The molecule has 0 fully saturated rings. The molecule has 0 spiro atoms. The highest BCUT2D eigenvalue weighted by atomic mass is 16.1. The maximum Gasteiger partial charge on any atom is 0.222 e. The molecule has 0 bridgehead atoms. The fourth-order valence-electron chi connectivity index (χ4n) is 2.69. The molecule has 5 heteroatoms. The van der Waals surface area contributed by atoms with Crippen LogP contribution in [0.5, 0.6) is 0 Å². The summed E-state index contributed by atoms with van der Waals surface area (Å²) in [6, 6.07) is 8.77. The van der Waals surface area contributed by atoms with E-state index in [0.717, 1.165) is 12.8 Å². The number of anilines is 1. The van der Waals surface area contributed by atoms with Crippen molar-refractivity contribution in [3.63, 3.8) is 0 Å². The summed E-state index contributed by atoms with van der Waals surface area (Å²) >= 11 is 0. The third kappa shape index (κ3) is 3.74. The summed E-state index contributed by atoms with van der Waals surface area (Å²) in [7, 11) is 3.74. The van der Waals surface area contributed by atoms with Gasteiger partial charge in [0, 0.05) is 44.8 Å². The number of carbonyl (C=O) groups is 1. The minimum Gasteiger partial charge on any atom is -0.383 e. The number of allylic oxidation sites excluding steroid dienone is 1. The predicted octanol–water partition coefficient (Wildman–Crippen LogP) is 2.31. The Morgan fingerprint density at radius 3 is 2.35 bits per heavy atom. The maximum absolute atomic E-state index is 11.9. The van der Waals surface area contributed by atoms with Crippen LogP contribution in [-0.4, -0.2) is 40.8 Å². The van der Waals surface area contributed by atoms with Gasteiger partial charge in [0.1, 0.15) is 0 Å². The number of hydrogen-bond donors (Lipinski definition) is 1. The van der Waals surface area contributed by atoms with Crippen LogP contribution < -0.4 is 5.32 Å². The van der Waals surface area contributed by atoms with Gasteiger partial charge in [0.15, 0.2) is 5.78 Å². The van der Waals surface area contributed by atoms with Gasteiger partial charge in [-0.2, -0.15) is 0 Å². The van der Waals surface area contributed by atoms with Crippen molar-refractivity contribution in [1.29, 1.82) is 0 Å². The zero-order valence-electron chi connectivity index (χ0n) is 13.4. The zero-order chi connectivity index (χ0) is 16.2. The summed E-state index contributed by atoms with van der Waals surface area (Å²) in [6.45, 7) is 0. The second kappa shape index (κ2) is 6.60. The lowest BCUT2D eigenvalue weighted by Crippen LogP contribution is -2.21. The first-order valence-electron chi connectivity index (χ1n) is 7.66. The number of hydrogen-bond acceptors (Lipinski definition) is 5. The summed E-state index contributed by atoms with van der Waals surface area (Å²) < 4.78 is 0. The quantitative estimate of drug-likeness (QED) is 0.678. The summed E-state index contributed by atoms with van der Waals surface area (Å²) in [5, 5.41) is 3.34. The molecule has 0 unspecified atom stereocenters. The molecule has 0 amide bonds. The zero-order valence-corrected chi connectivity index (χ0v) is 13.4. The number of ketones is 1. The first-order valence-corrected chi connectivity index (χ1v) is 7.66. The average molecular weight is 308 g/mol. The van der Waals surface area contributed by atoms with E-state index < -0.39 is 0 Å². The van der Waals surface area contributed by atoms with Crippen LogP contribution in [0.2, 0.25) is 0 Å². The predicted molar refractivity (Wildman–Crippen MR) is 90.5 cm³/mol. The second-order valence-electron chi connectivity index (χ2n) is 5.96. The summed E-state index contributed by atoms with van der Waals surface area (Å²) in [4.78, 5) is 22.3. The van der Waals surface area contributed by atoms with E-state index in [1.807, 2.05) is 19.0 Å². The largest absolute Gasteiger partial charge is 0.383 e. The number of fused-ring (bicyclic) bond motifs is 1. The van der Waals surface area contributed by atoms with E-state index in [-0.39, 0.29) is 5.78 Å². The number of nitrogens with one attached hydrogen (secondary N) is 1. The lowest BCUT2D eigenvalue weighted by molar-refractivity contribution is 0.104. The lowest BCUT2D eigenvalue weighted by Gasteiger charge is -2.11. The van der Waals surface area contributed by atoms with E-state index >= 15 is 0 Å². The van der Waals surface area contributed by atoms with Gasteiger partial charge < -0.3 is 10.2 Å². The van der Waals surface area contributed by atoms with Crippen LogP contribution in [0.25, 0.3) is 0 Å².